The van der Waals surface area contributed by atoms with E-state index in [1.165, 1.54) is 37.7 Å². The summed E-state index contributed by atoms with van der Waals surface area (Å²) in [5, 5.41) is 3.82. The number of hydrogen-bond donors (Lipinski definition) is 1. The molecule has 0 radical (unpaired) electrons. The summed E-state index contributed by atoms with van der Waals surface area (Å²) in [5.74, 6) is 0.781. The first kappa shape index (κ1) is 15.5. The van der Waals surface area contributed by atoms with Crippen LogP contribution in [-0.2, 0) is 6.42 Å². The molecule has 2 nitrogen and oxygen atoms in total. The van der Waals surface area contributed by atoms with Gasteiger partial charge in [-0.3, -0.25) is 4.98 Å². The SMILES string of the molecule is CCCNC(Cc1cccnc1)C1CCCCC1(C)C. The van der Waals surface area contributed by atoms with Crippen molar-refractivity contribution in [3.63, 3.8) is 0 Å². The highest BCUT2D eigenvalue weighted by Crippen LogP contribution is 2.42. The molecule has 0 aromatic carbocycles. The molecule has 0 saturated heterocycles. The molecule has 1 fully saturated rings. The third-order valence-corrected chi connectivity index (χ3v) is 4.91. The molecule has 1 heterocycles. The lowest BCUT2D eigenvalue weighted by atomic mass is 9.65. The summed E-state index contributed by atoms with van der Waals surface area (Å²) in [7, 11) is 0. The minimum atomic E-state index is 0.464. The smallest absolute Gasteiger partial charge is 0.0300 e. The topological polar surface area (TPSA) is 24.9 Å². The molecule has 2 heteroatoms. The third kappa shape index (κ3) is 4.05. The molecule has 112 valence electrons. The molecule has 1 N–H and O–H groups in total. The highest BCUT2D eigenvalue weighted by Gasteiger charge is 2.37. The van der Waals surface area contributed by atoms with Gasteiger partial charge in [0.25, 0.3) is 0 Å². The normalized spacial score (nSPS) is 23.4. The predicted molar refractivity (Wildman–Crippen MR) is 85.8 cm³/mol. The minimum absolute atomic E-state index is 0.464. The summed E-state index contributed by atoms with van der Waals surface area (Å²) in [4.78, 5) is 4.27. The van der Waals surface area contributed by atoms with Gasteiger partial charge in [0.1, 0.15) is 0 Å². The van der Waals surface area contributed by atoms with Crippen molar-refractivity contribution < 1.29 is 0 Å². The van der Waals surface area contributed by atoms with Gasteiger partial charge in [-0.15, -0.1) is 0 Å². The van der Waals surface area contributed by atoms with Crippen LogP contribution in [0.4, 0.5) is 0 Å². The minimum Gasteiger partial charge on any atom is -0.313 e. The highest BCUT2D eigenvalue weighted by molar-refractivity contribution is 5.11. The number of nitrogens with zero attached hydrogens (tertiary/aromatic N) is 1. The lowest BCUT2D eigenvalue weighted by Crippen LogP contribution is -2.46. The van der Waals surface area contributed by atoms with Crippen LogP contribution >= 0.6 is 0 Å². The van der Waals surface area contributed by atoms with Gasteiger partial charge in [0.15, 0.2) is 0 Å². The van der Waals surface area contributed by atoms with Crippen molar-refractivity contribution in [3.8, 4) is 0 Å². The summed E-state index contributed by atoms with van der Waals surface area (Å²) in [5.41, 5.74) is 1.83. The van der Waals surface area contributed by atoms with E-state index in [0.29, 0.717) is 11.5 Å². The van der Waals surface area contributed by atoms with E-state index in [0.717, 1.165) is 18.9 Å². The van der Waals surface area contributed by atoms with Crippen molar-refractivity contribution in [2.45, 2.75) is 65.3 Å². The van der Waals surface area contributed by atoms with Gasteiger partial charge in [-0.1, -0.05) is 39.7 Å². The van der Waals surface area contributed by atoms with E-state index in [9.17, 15) is 0 Å². The Morgan fingerprint density at radius 2 is 2.25 bits per heavy atom. The molecule has 0 bridgehead atoms. The van der Waals surface area contributed by atoms with Crippen LogP contribution in [0.1, 0.15) is 58.4 Å². The molecule has 2 atom stereocenters. The predicted octanol–water partition coefficient (Wildman–Crippen LogP) is 4.21. The van der Waals surface area contributed by atoms with Crippen LogP contribution in [0.25, 0.3) is 0 Å². The molecular formula is C18H30N2. The van der Waals surface area contributed by atoms with E-state index in [-0.39, 0.29) is 0 Å². The fourth-order valence-corrected chi connectivity index (χ4v) is 3.73. The Morgan fingerprint density at radius 1 is 1.40 bits per heavy atom. The Hall–Kier alpha value is -0.890. The van der Waals surface area contributed by atoms with Crippen molar-refractivity contribution >= 4 is 0 Å². The molecule has 20 heavy (non-hydrogen) atoms. The van der Waals surface area contributed by atoms with Crippen LogP contribution in [0.2, 0.25) is 0 Å². The molecule has 1 aromatic rings. The second kappa shape index (κ2) is 7.21. The molecule has 1 saturated carbocycles. The Morgan fingerprint density at radius 3 is 2.90 bits per heavy atom. The zero-order chi connectivity index (χ0) is 14.4. The van der Waals surface area contributed by atoms with Gasteiger partial charge in [-0.25, -0.2) is 0 Å². The van der Waals surface area contributed by atoms with Gasteiger partial charge in [-0.2, -0.15) is 0 Å². The molecule has 2 unspecified atom stereocenters. The maximum atomic E-state index is 4.27. The van der Waals surface area contributed by atoms with Crippen LogP contribution in [0, 0.1) is 11.3 Å². The number of aromatic nitrogens is 1. The molecule has 2 rings (SSSR count). The molecule has 0 aliphatic heterocycles. The van der Waals surface area contributed by atoms with Crippen LogP contribution in [0.3, 0.4) is 0 Å². The van der Waals surface area contributed by atoms with Gasteiger partial charge in [0.05, 0.1) is 0 Å². The Labute approximate surface area is 124 Å². The molecule has 0 amide bonds. The van der Waals surface area contributed by atoms with Crippen molar-refractivity contribution in [3.05, 3.63) is 30.1 Å². The average Bonchev–Trinajstić information content (AvgIpc) is 2.44. The van der Waals surface area contributed by atoms with Crippen LogP contribution in [-0.4, -0.2) is 17.6 Å². The van der Waals surface area contributed by atoms with Gasteiger partial charge in [-0.05, 0) is 55.2 Å². The van der Waals surface area contributed by atoms with E-state index < -0.39 is 0 Å². The quantitative estimate of drug-likeness (QED) is 0.840. The first-order chi connectivity index (χ1) is 9.63. The zero-order valence-corrected chi connectivity index (χ0v) is 13.4. The first-order valence-corrected chi connectivity index (χ1v) is 8.26. The lowest BCUT2D eigenvalue weighted by Gasteiger charge is -2.43. The van der Waals surface area contributed by atoms with Gasteiger partial charge in [0, 0.05) is 18.4 Å². The molecule has 1 aliphatic carbocycles. The second-order valence-electron chi connectivity index (χ2n) is 6.97. The van der Waals surface area contributed by atoms with Gasteiger partial charge < -0.3 is 5.32 Å². The fourth-order valence-electron chi connectivity index (χ4n) is 3.73. The van der Waals surface area contributed by atoms with E-state index >= 15 is 0 Å². The monoisotopic (exact) mass is 274 g/mol. The molecule has 1 aliphatic rings. The summed E-state index contributed by atoms with van der Waals surface area (Å²) in [6.07, 6.45) is 11.7. The van der Waals surface area contributed by atoms with Crippen molar-refractivity contribution in [1.82, 2.24) is 10.3 Å². The standard InChI is InChI=1S/C18H30N2/c1-4-11-20-17(13-15-8-7-12-19-14-15)16-9-5-6-10-18(16,2)3/h7-8,12,14,16-17,20H,4-6,9-11,13H2,1-3H3. The largest absolute Gasteiger partial charge is 0.313 e. The molecular weight excluding hydrogens is 244 g/mol. The average molecular weight is 274 g/mol. The molecule has 1 aromatic heterocycles. The van der Waals surface area contributed by atoms with E-state index in [1.807, 2.05) is 12.4 Å². The Bertz CT molecular complexity index is 386. The van der Waals surface area contributed by atoms with Gasteiger partial charge >= 0.3 is 0 Å². The van der Waals surface area contributed by atoms with E-state index in [1.54, 1.807) is 0 Å². The maximum absolute atomic E-state index is 4.27. The first-order valence-electron chi connectivity index (χ1n) is 8.26. The van der Waals surface area contributed by atoms with E-state index in [4.69, 9.17) is 0 Å². The van der Waals surface area contributed by atoms with Crippen molar-refractivity contribution in [2.24, 2.45) is 11.3 Å². The van der Waals surface area contributed by atoms with Crippen LogP contribution in [0.15, 0.2) is 24.5 Å². The number of rotatable bonds is 6. The number of pyridine rings is 1. The Kier molecular flexibility index (Phi) is 5.59. The Balaban J connectivity index is 2.09. The number of nitrogens with one attached hydrogen (secondary N) is 1. The lowest BCUT2D eigenvalue weighted by molar-refractivity contribution is 0.0981. The van der Waals surface area contributed by atoms with Crippen LogP contribution in [0.5, 0.6) is 0 Å². The summed E-state index contributed by atoms with van der Waals surface area (Å²) in [6, 6.07) is 4.86. The summed E-state index contributed by atoms with van der Waals surface area (Å²) >= 11 is 0. The van der Waals surface area contributed by atoms with E-state index in [2.05, 4.69) is 43.2 Å². The zero-order valence-electron chi connectivity index (χ0n) is 13.4. The summed E-state index contributed by atoms with van der Waals surface area (Å²) < 4.78 is 0. The van der Waals surface area contributed by atoms with Gasteiger partial charge in [0.2, 0.25) is 0 Å². The fraction of sp³-hybridized carbons (Fsp3) is 0.722. The van der Waals surface area contributed by atoms with Crippen molar-refractivity contribution in [1.29, 1.82) is 0 Å². The summed E-state index contributed by atoms with van der Waals surface area (Å²) in [6.45, 7) is 8.29. The maximum Gasteiger partial charge on any atom is 0.0300 e. The highest BCUT2D eigenvalue weighted by atomic mass is 14.9. The van der Waals surface area contributed by atoms with Crippen molar-refractivity contribution in [2.75, 3.05) is 6.54 Å². The third-order valence-electron chi connectivity index (χ3n) is 4.91. The second-order valence-corrected chi connectivity index (χ2v) is 6.97. The number of hydrogen-bond acceptors (Lipinski definition) is 2. The van der Waals surface area contributed by atoms with Crippen LogP contribution < -0.4 is 5.32 Å². The molecule has 0 spiro atoms.